The molecule has 12 heteroatoms. The number of aromatic nitrogens is 1. The van der Waals surface area contributed by atoms with Crippen molar-refractivity contribution in [3.05, 3.63) is 40.8 Å². The zero-order valence-electron chi connectivity index (χ0n) is 16.6. The maximum absolute atomic E-state index is 13.2. The lowest BCUT2D eigenvalue weighted by Gasteiger charge is -2.43. The van der Waals surface area contributed by atoms with Crippen LogP contribution in [0.4, 0.5) is 15.8 Å². The quantitative estimate of drug-likeness (QED) is 0.279. The second-order valence-electron chi connectivity index (χ2n) is 7.34. The van der Waals surface area contributed by atoms with Crippen LogP contribution in [0.15, 0.2) is 40.8 Å². The molecule has 0 aromatic carbocycles. The standard InChI is InChI=1S/C19H22ClFN8O2/c20-13-7-24-8-14(16(13)29-3-1-28(2-4-29)12-9-31-10-12)27-19(30)15(17(22)23)18-25-5-11(21)6-26-18/h5-8,12,25H,1-4,9-10H2,(H3,22,23)(H,27,30)/p+1. The minimum atomic E-state index is -0.651. The summed E-state index contributed by atoms with van der Waals surface area (Å²) in [7, 11) is 0. The fraction of sp³-hybridized carbons (Fsp3) is 0.368. The zero-order chi connectivity index (χ0) is 22.0. The van der Waals surface area contributed by atoms with Crippen molar-refractivity contribution in [1.82, 2.24) is 9.88 Å². The van der Waals surface area contributed by atoms with E-state index in [2.05, 4.69) is 25.1 Å². The highest BCUT2D eigenvalue weighted by molar-refractivity contribution is 6.34. The molecule has 0 atom stereocenters. The summed E-state index contributed by atoms with van der Waals surface area (Å²) in [6, 6.07) is 0.463. The molecule has 2 fully saturated rings. The van der Waals surface area contributed by atoms with Crippen LogP contribution in [0.3, 0.4) is 0 Å². The SMILES string of the molecule is N=C(N)C(C(=O)Nc1cncc(Cl)c1N1CCN(C2COC2)CC1)=C1N=CC(F)=C[NH2+]1. The monoisotopic (exact) mass is 449 g/mol. The summed E-state index contributed by atoms with van der Waals surface area (Å²) in [6.07, 6.45) is 5.14. The summed E-state index contributed by atoms with van der Waals surface area (Å²) in [5.41, 5.74) is 6.51. The fourth-order valence-electron chi connectivity index (χ4n) is 3.67. The van der Waals surface area contributed by atoms with Crippen molar-refractivity contribution in [1.29, 1.82) is 5.41 Å². The number of ether oxygens (including phenoxy) is 1. The van der Waals surface area contributed by atoms with Gasteiger partial charge < -0.3 is 20.7 Å². The summed E-state index contributed by atoms with van der Waals surface area (Å²) in [5, 5.41) is 12.2. The Morgan fingerprint density at radius 1 is 1.32 bits per heavy atom. The molecular formula is C19H23ClFN8O2+. The molecule has 0 aliphatic carbocycles. The van der Waals surface area contributed by atoms with Crippen LogP contribution < -0.4 is 21.3 Å². The number of hydrogen-bond donors (Lipinski definition) is 4. The number of carbonyl (C=O) groups excluding carboxylic acids is 1. The average Bonchev–Trinajstić information content (AvgIpc) is 2.69. The van der Waals surface area contributed by atoms with Crippen molar-refractivity contribution in [2.24, 2.45) is 10.7 Å². The van der Waals surface area contributed by atoms with Crippen molar-refractivity contribution in [2.45, 2.75) is 6.04 Å². The van der Waals surface area contributed by atoms with E-state index in [0.29, 0.717) is 22.4 Å². The number of piperazine rings is 1. The molecule has 1 aromatic heterocycles. The average molecular weight is 450 g/mol. The number of nitrogens with one attached hydrogen (secondary N) is 2. The summed E-state index contributed by atoms with van der Waals surface area (Å²) >= 11 is 6.44. The number of quaternary nitrogens is 1. The van der Waals surface area contributed by atoms with Crippen molar-refractivity contribution >= 4 is 40.9 Å². The molecule has 3 aliphatic rings. The molecular weight excluding hydrogens is 427 g/mol. The zero-order valence-corrected chi connectivity index (χ0v) is 17.4. The Bertz CT molecular complexity index is 983. The Hall–Kier alpha value is -2.86. The Kier molecular flexibility index (Phi) is 6.28. The first-order valence-corrected chi connectivity index (χ1v) is 10.2. The molecule has 0 radical (unpaired) electrons. The highest BCUT2D eigenvalue weighted by Crippen LogP contribution is 2.34. The van der Waals surface area contributed by atoms with Gasteiger partial charge in [-0.15, -0.1) is 0 Å². The number of nitrogens with two attached hydrogens (primary N) is 2. The molecule has 0 saturated carbocycles. The minimum Gasteiger partial charge on any atom is -0.383 e. The van der Waals surface area contributed by atoms with Crippen LogP contribution in [0, 0.1) is 5.41 Å². The van der Waals surface area contributed by atoms with E-state index in [4.69, 9.17) is 27.5 Å². The van der Waals surface area contributed by atoms with Gasteiger partial charge in [0.1, 0.15) is 12.0 Å². The third kappa shape index (κ3) is 4.59. The van der Waals surface area contributed by atoms with Crippen molar-refractivity contribution in [2.75, 3.05) is 49.6 Å². The van der Waals surface area contributed by atoms with Gasteiger partial charge in [-0.25, -0.2) is 4.99 Å². The summed E-state index contributed by atoms with van der Waals surface area (Å²) in [4.78, 5) is 25.4. The molecule has 0 unspecified atom stereocenters. The molecule has 0 bridgehead atoms. The van der Waals surface area contributed by atoms with Gasteiger partial charge in [0.2, 0.25) is 5.82 Å². The lowest BCUT2D eigenvalue weighted by atomic mass is 10.1. The minimum absolute atomic E-state index is 0.0965. The van der Waals surface area contributed by atoms with Gasteiger partial charge in [0.25, 0.3) is 5.91 Å². The van der Waals surface area contributed by atoms with E-state index in [1.807, 2.05) is 0 Å². The van der Waals surface area contributed by atoms with Gasteiger partial charge in [-0.05, 0) is 0 Å². The van der Waals surface area contributed by atoms with Crippen LogP contribution in [0.2, 0.25) is 5.02 Å². The molecule has 1 amide bonds. The number of halogens is 2. The van der Waals surface area contributed by atoms with Gasteiger partial charge >= 0.3 is 0 Å². The predicted molar refractivity (Wildman–Crippen MR) is 115 cm³/mol. The smallest absolute Gasteiger partial charge is 0.267 e. The van der Waals surface area contributed by atoms with Crippen LogP contribution in [0.25, 0.3) is 0 Å². The van der Waals surface area contributed by atoms with Gasteiger partial charge in [-0.1, -0.05) is 11.6 Å². The van der Waals surface area contributed by atoms with Crippen LogP contribution in [-0.4, -0.2) is 73.3 Å². The topological polar surface area (TPSA) is 137 Å². The third-order valence-corrected chi connectivity index (χ3v) is 5.64. The highest BCUT2D eigenvalue weighted by atomic mass is 35.5. The molecule has 10 nitrogen and oxygen atoms in total. The largest absolute Gasteiger partial charge is 0.383 e. The number of rotatable bonds is 5. The number of allylic oxidation sites excluding steroid dienone is 1. The Morgan fingerprint density at radius 3 is 2.65 bits per heavy atom. The Balaban J connectivity index is 1.54. The number of aliphatic imine (C=N–C) groups is 1. The first-order chi connectivity index (χ1) is 14.9. The first-order valence-electron chi connectivity index (χ1n) is 9.79. The predicted octanol–water partition coefficient (Wildman–Crippen LogP) is -0.199. The lowest BCUT2D eigenvalue weighted by molar-refractivity contribution is -0.538. The second kappa shape index (κ2) is 9.10. The van der Waals surface area contributed by atoms with Gasteiger partial charge in [0.15, 0.2) is 11.4 Å². The molecule has 0 spiro atoms. The van der Waals surface area contributed by atoms with E-state index in [1.165, 1.54) is 17.7 Å². The number of amidine groups is 1. The van der Waals surface area contributed by atoms with E-state index in [9.17, 15) is 9.18 Å². The lowest BCUT2D eigenvalue weighted by Crippen LogP contribution is -2.77. The van der Waals surface area contributed by atoms with Crippen LogP contribution in [0.5, 0.6) is 0 Å². The van der Waals surface area contributed by atoms with E-state index >= 15 is 0 Å². The number of nitrogens with zero attached hydrogens (tertiary/aromatic N) is 4. The van der Waals surface area contributed by atoms with Gasteiger partial charge in [-0.2, -0.15) is 4.39 Å². The molecule has 164 valence electrons. The number of amides is 1. The Labute approximate surface area is 183 Å². The summed E-state index contributed by atoms with van der Waals surface area (Å²) in [5.74, 6) is -1.59. The molecule has 4 rings (SSSR count). The second-order valence-corrected chi connectivity index (χ2v) is 7.74. The first kappa shape index (κ1) is 21.4. The van der Waals surface area contributed by atoms with Gasteiger partial charge in [0, 0.05) is 32.4 Å². The highest BCUT2D eigenvalue weighted by Gasteiger charge is 2.31. The maximum Gasteiger partial charge on any atom is 0.267 e. The van der Waals surface area contributed by atoms with E-state index in [0.717, 1.165) is 51.8 Å². The summed E-state index contributed by atoms with van der Waals surface area (Å²) in [6.45, 7) is 4.68. The number of anilines is 2. The molecule has 6 N–H and O–H groups in total. The van der Waals surface area contributed by atoms with E-state index in [-0.39, 0.29) is 11.4 Å². The molecule has 2 saturated heterocycles. The maximum atomic E-state index is 13.2. The van der Waals surface area contributed by atoms with Gasteiger partial charge in [-0.3, -0.25) is 25.4 Å². The molecule has 3 aliphatic heterocycles. The number of carbonyl (C=O) groups is 1. The van der Waals surface area contributed by atoms with Crippen molar-refractivity contribution < 1.29 is 19.2 Å². The van der Waals surface area contributed by atoms with Gasteiger partial charge in [0.05, 0.1) is 48.1 Å². The van der Waals surface area contributed by atoms with Crippen LogP contribution in [0.1, 0.15) is 0 Å². The number of pyridine rings is 1. The van der Waals surface area contributed by atoms with Crippen molar-refractivity contribution in [3.8, 4) is 0 Å². The molecule has 4 heterocycles. The number of hydrogen-bond acceptors (Lipinski definition) is 7. The normalized spacial score (nSPS) is 21.4. The third-order valence-electron chi connectivity index (χ3n) is 5.37. The van der Waals surface area contributed by atoms with Crippen LogP contribution >= 0.6 is 11.6 Å². The fourth-order valence-corrected chi connectivity index (χ4v) is 3.95. The Morgan fingerprint density at radius 2 is 2.06 bits per heavy atom. The molecule has 1 aromatic rings. The summed E-state index contributed by atoms with van der Waals surface area (Å²) < 4.78 is 18.5. The van der Waals surface area contributed by atoms with Crippen LogP contribution in [-0.2, 0) is 9.53 Å². The van der Waals surface area contributed by atoms with E-state index in [1.54, 1.807) is 0 Å². The molecule has 31 heavy (non-hydrogen) atoms. The van der Waals surface area contributed by atoms with E-state index < -0.39 is 17.6 Å². The van der Waals surface area contributed by atoms with Crippen molar-refractivity contribution in [3.63, 3.8) is 0 Å².